The molecule has 0 spiro atoms. The quantitative estimate of drug-likeness (QED) is 0.804. The number of sulfonamides is 1. The standard InChI is InChI=1S/C21H26N2O4S/c1-4-27-19-10-7-16(8-11-19)15(2)22-21(24)18-9-12-20-17(14-18)6-5-13-23(20)28(3,25)26/h7-12,14-15H,4-6,13H2,1-3H3,(H,22,24)/t15-/m0/s1. The zero-order chi connectivity index (χ0) is 20.3. The number of hydrogen-bond donors (Lipinski definition) is 1. The van der Waals surface area contributed by atoms with E-state index in [0.29, 0.717) is 24.4 Å². The molecule has 0 fully saturated rings. The average Bonchev–Trinajstić information content (AvgIpc) is 2.67. The van der Waals surface area contributed by atoms with E-state index in [1.165, 1.54) is 10.6 Å². The Balaban J connectivity index is 1.74. The summed E-state index contributed by atoms with van der Waals surface area (Å²) in [6.45, 7) is 4.95. The first kappa shape index (κ1) is 20.2. The fraction of sp³-hybridized carbons (Fsp3) is 0.381. The smallest absolute Gasteiger partial charge is 0.251 e. The number of nitrogens with zero attached hydrogens (tertiary/aromatic N) is 1. The van der Waals surface area contributed by atoms with E-state index in [-0.39, 0.29) is 11.9 Å². The maximum atomic E-state index is 12.7. The van der Waals surface area contributed by atoms with E-state index in [1.54, 1.807) is 18.2 Å². The van der Waals surface area contributed by atoms with Gasteiger partial charge in [0.05, 0.1) is 24.6 Å². The molecule has 0 unspecified atom stereocenters. The fourth-order valence-corrected chi connectivity index (χ4v) is 4.43. The molecular formula is C21H26N2O4S. The van der Waals surface area contributed by atoms with Crippen molar-refractivity contribution >= 4 is 21.6 Å². The first-order valence-corrected chi connectivity index (χ1v) is 11.3. The highest BCUT2D eigenvalue weighted by Crippen LogP contribution is 2.30. The van der Waals surface area contributed by atoms with E-state index in [4.69, 9.17) is 4.74 Å². The van der Waals surface area contributed by atoms with Crippen molar-refractivity contribution in [3.8, 4) is 5.75 Å². The van der Waals surface area contributed by atoms with Gasteiger partial charge in [-0.3, -0.25) is 9.10 Å². The van der Waals surface area contributed by atoms with Gasteiger partial charge in [-0.15, -0.1) is 0 Å². The molecule has 1 aliphatic heterocycles. The van der Waals surface area contributed by atoms with E-state index in [0.717, 1.165) is 29.7 Å². The fourth-order valence-electron chi connectivity index (χ4n) is 3.43. The van der Waals surface area contributed by atoms with Crippen LogP contribution in [-0.4, -0.2) is 33.7 Å². The normalized spacial score (nSPS) is 14.9. The molecule has 1 atom stereocenters. The van der Waals surface area contributed by atoms with Gasteiger partial charge in [0.2, 0.25) is 10.0 Å². The molecule has 1 heterocycles. The highest BCUT2D eigenvalue weighted by Gasteiger charge is 2.25. The third-order valence-electron chi connectivity index (χ3n) is 4.86. The molecule has 0 saturated heterocycles. The lowest BCUT2D eigenvalue weighted by Crippen LogP contribution is -2.35. The molecule has 1 N–H and O–H groups in total. The summed E-state index contributed by atoms with van der Waals surface area (Å²) in [5, 5.41) is 3.00. The molecule has 1 aliphatic rings. The van der Waals surface area contributed by atoms with Gasteiger partial charge in [0.15, 0.2) is 0 Å². The predicted octanol–water partition coefficient (Wildman–Crippen LogP) is 3.29. The van der Waals surface area contributed by atoms with Gasteiger partial charge in [-0.1, -0.05) is 12.1 Å². The lowest BCUT2D eigenvalue weighted by atomic mass is 10.00. The Morgan fingerprint density at radius 2 is 1.93 bits per heavy atom. The summed E-state index contributed by atoms with van der Waals surface area (Å²) < 4.78 is 30.8. The molecule has 0 bridgehead atoms. The third-order valence-corrected chi connectivity index (χ3v) is 6.04. The number of fused-ring (bicyclic) bond motifs is 1. The monoisotopic (exact) mass is 402 g/mol. The number of benzene rings is 2. The first-order chi connectivity index (χ1) is 13.3. The second-order valence-electron chi connectivity index (χ2n) is 6.98. The summed E-state index contributed by atoms with van der Waals surface area (Å²) in [4.78, 5) is 12.7. The van der Waals surface area contributed by atoms with E-state index in [9.17, 15) is 13.2 Å². The second-order valence-corrected chi connectivity index (χ2v) is 8.89. The molecule has 0 aliphatic carbocycles. The van der Waals surface area contributed by atoms with Crippen molar-refractivity contribution in [3.63, 3.8) is 0 Å². The van der Waals surface area contributed by atoms with Crippen LogP contribution in [0.5, 0.6) is 5.75 Å². The van der Waals surface area contributed by atoms with Crippen LogP contribution in [0.15, 0.2) is 42.5 Å². The Morgan fingerprint density at radius 1 is 1.21 bits per heavy atom. The Hall–Kier alpha value is -2.54. The number of ether oxygens (including phenoxy) is 1. The zero-order valence-electron chi connectivity index (χ0n) is 16.4. The number of carbonyl (C=O) groups excluding carboxylic acids is 1. The molecule has 2 aromatic rings. The highest BCUT2D eigenvalue weighted by atomic mass is 32.2. The van der Waals surface area contributed by atoms with Crippen LogP contribution in [0.25, 0.3) is 0 Å². The molecule has 0 aromatic heterocycles. The second kappa shape index (κ2) is 8.22. The van der Waals surface area contributed by atoms with Crippen LogP contribution in [0, 0.1) is 0 Å². The Bertz CT molecular complexity index is 955. The number of carbonyl (C=O) groups is 1. The molecular weight excluding hydrogens is 376 g/mol. The van der Waals surface area contributed by atoms with Gasteiger partial charge in [-0.05, 0) is 68.1 Å². The minimum Gasteiger partial charge on any atom is -0.494 e. The molecule has 0 radical (unpaired) electrons. The molecule has 1 amide bonds. The van der Waals surface area contributed by atoms with Crippen LogP contribution >= 0.6 is 0 Å². The van der Waals surface area contributed by atoms with Crippen molar-refractivity contribution in [2.75, 3.05) is 23.7 Å². The number of nitrogens with one attached hydrogen (secondary N) is 1. The maximum Gasteiger partial charge on any atom is 0.251 e. The van der Waals surface area contributed by atoms with Gasteiger partial charge < -0.3 is 10.1 Å². The largest absolute Gasteiger partial charge is 0.494 e. The number of rotatable bonds is 6. The molecule has 3 rings (SSSR count). The van der Waals surface area contributed by atoms with E-state index >= 15 is 0 Å². The van der Waals surface area contributed by atoms with Crippen LogP contribution in [0.2, 0.25) is 0 Å². The first-order valence-electron chi connectivity index (χ1n) is 9.44. The van der Waals surface area contributed by atoms with E-state index in [2.05, 4.69) is 5.32 Å². The summed E-state index contributed by atoms with van der Waals surface area (Å²) in [6, 6.07) is 12.7. The number of hydrogen-bond acceptors (Lipinski definition) is 4. The average molecular weight is 403 g/mol. The van der Waals surface area contributed by atoms with Crippen molar-refractivity contribution < 1.29 is 17.9 Å². The van der Waals surface area contributed by atoms with Crippen LogP contribution in [0.3, 0.4) is 0 Å². The minimum atomic E-state index is -3.31. The van der Waals surface area contributed by atoms with Crippen LogP contribution in [0.1, 0.15) is 47.8 Å². The zero-order valence-corrected chi connectivity index (χ0v) is 17.3. The van der Waals surface area contributed by atoms with Gasteiger partial charge in [0.25, 0.3) is 5.91 Å². The summed E-state index contributed by atoms with van der Waals surface area (Å²) >= 11 is 0. The van der Waals surface area contributed by atoms with Crippen molar-refractivity contribution in [2.24, 2.45) is 0 Å². The number of anilines is 1. The predicted molar refractivity (Wildman–Crippen MR) is 110 cm³/mol. The molecule has 150 valence electrons. The highest BCUT2D eigenvalue weighted by molar-refractivity contribution is 7.92. The summed E-state index contributed by atoms with van der Waals surface area (Å²) in [5.41, 5.74) is 3.08. The molecule has 6 nitrogen and oxygen atoms in total. The topological polar surface area (TPSA) is 75.7 Å². The third kappa shape index (κ3) is 4.47. The number of amides is 1. The molecule has 7 heteroatoms. The minimum absolute atomic E-state index is 0.160. The Morgan fingerprint density at radius 3 is 2.57 bits per heavy atom. The van der Waals surface area contributed by atoms with E-state index in [1.807, 2.05) is 38.1 Å². The van der Waals surface area contributed by atoms with Crippen molar-refractivity contribution in [2.45, 2.75) is 32.7 Å². The lowest BCUT2D eigenvalue weighted by Gasteiger charge is -2.29. The molecule has 28 heavy (non-hydrogen) atoms. The molecule has 2 aromatic carbocycles. The van der Waals surface area contributed by atoms with Crippen LogP contribution in [0.4, 0.5) is 5.69 Å². The summed E-state index contributed by atoms with van der Waals surface area (Å²) in [5.74, 6) is 0.621. The van der Waals surface area contributed by atoms with Crippen LogP contribution < -0.4 is 14.4 Å². The van der Waals surface area contributed by atoms with Gasteiger partial charge in [0, 0.05) is 12.1 Å². The van der Waals surface area contributed by atoms with Crippen molar-refractivity contribution in [3.05, 3.63) is 59.2 Å². The SMILES string of the molecule is CCOc1ccc([C@H](C)NC(=O)c2ccc3c(c2)CCCN3S(C)(=O)=O)cc1. The van der Waals surface area contributed by atoms with E-state index < -0.39 is 10.0 Å². The van der Waals surface area contributed by atoms with Gasteiger partial charge >= 0.3 is 0 Å². The van der Waals surface area contributed by atoms with Crippen molar-refractivity contribution in [1.82, 2.24) is 5.32 Å². The summed E-state index contributed by atoms with van der Waals surface area (Å²) in [7, 11) is -3.31. The Kier molecular flexibility index (Phi) is 5.93. The Labute approximate surface area is 166 Å². The number of aryl methyl sites for hydroxylation is 1. The van der Waals surface area contributed by atoms with Crippen LogP contribution in [-0.2, 0) is 16.4 Å². The maximum absolute atomic E-state index is 12.7. The van der Waals surface area contributed by atoms with Gasteiger partial charge in [-0.25, -0.2) is 8.42 Å². The summed E-state index contributed by atoms with van der Waals surface area (Å²) in [6.07, 6.45) is 2.71. The van der Waals surface area contributed by atoms with Gasteiger partial charge in [0.1, 0.15) is 5.75 Å². The lowest BCUT2D eigenvalue weighted by molar-refractivity contribution is 0.0940. The van der Waals surface area contributed by atoms with Gasteiger partial charge in [-0.2, -0.15) is 0 Å². The molecule has 0 saturated carbocycles. The van der Waals surface area contributed by atoms with Crippen molar-refractivity contribution in [1.29, 1.82) is 0 Å².